The summed E-state index contributed by atoms with van der Waals surface area (Å²) in [6.07, 6.45) is 16.7. The average Bonchev–Trinajstić information content (AvgIpc) is 3.80. The highest BCUT2D eigenvalue weighted by atomic mass is 79.9. The molecule has 3 aliphatic rings. The summed E-state index contributed by atoms with van der Waals surface area (Å²) in [5.41, 5.74) is 0. The second kappa shape index (κ2) is 39.2. The van der Waals surface area contributed by atoms with E-state index >= 15 is 0 Å². The molecule has 56 heavy (non-hydrogen) atoms. The van der Waals surface area contributed by atoms with Crippen LogP contribution in [0.4, 0.5) is 0 Å². The largest absolute Gasteiger partial charge is 0.420 e. The van der Waals surface area contributed by atoms with E-state index < -0.39 is 71.4 Å². The molecule has 3 aliphatic heterocycles. The molecule has 0 saturated carbocycles. The maximum absolute atomic E-state index is 7.04. The van der Waals surface area contributed by atoms with E-state index in [0.717, 1.165) is 56.3 Å². The van der Waals surface area contributed by atoms with Gasteiger partial charge in [0.1, 0.15) is 0 Å². The number of rotatable bonds is 14. The monoisotopic (exact) mass is 1010 g/mol. The minimum absolute atomic E-state index is 0. The van der Waals surface area contributed by atoms with Crippen LogP contribution >= 0.6 is 15.9 Å². The van der Waals surface area contributed by atoms with Crippen molar-refractivity contribution in [2.45, 2.75) is 189 Å². The standard InChI is InChI=1S/C20H48O4Si4.C4H16O4Si4.C4H8O.C4H8.C3H5Br.CH4O.CH4.3H2/c1-9-13-17-25(5)21-26(6,18-14-10-2)23-28(8,20-16-12-4)24-27(7,22-25)19-15-11-3;1-9-5-10(2)7-12(4)8-11(3)6-9;1-2-4-5-3-1;1-3-4-2;1-2-3-4;1-2;;;;/h9-20H2,1-8H3;9-12H,1-4H3;1-4H2;3H,1,4H2,2H3;2H,1,3H2;2H,1H3;1H4;3*1H/i;;;;;;;2*1+1D;. The number of hydrogen-bond acceptors (Lipinski definition) is 10. The highest BCUT2D eigenvalue weighted by Gasteiger charge is 2.56. The molecule has 1 N–H and O–H groups in total. The smallest absolute Gasteiger partial charge is 0.317 e. The van der Waals surface area contributed by atoms with Crippen LogP contribution < -0.4 is 0 Å². The maximum Gasteiger partial charge on any atom is 0.317 e. The van der Waals surface area contributed by atoms with Gasteiger partial charge in [0, 0.05) is 33.0 Å². The molecule has 3 saturated heterocycles. The third-order valence-corrected chi connectivity index (χ3v) is 40.0. The molecule has 0 unspecified atom stereocenters. The summed E-state index contributed by atoms with van der Waals surface area (Å²) in [5, 5.41) is 7.90. The molecule has 0 spiro atoms. The van der Waals surface area contributed by atoms with E-state index in [1.54, 1.807) is 6.08 Å². The first kappa shape index (κ1) is 59.4. The van der Waals surface area contributed by atoms with Gasteiger partial charge in [-0.25, -0.2) is 0 Å². The van der Waals surface area contributed by atoms with Crippen molar-refractivity contribution in [3.05, 3.63) is 25.3 Å². The normalized spacial score (nSPS) is 31.5. The molecule has 0 aliphatic carbocycles. The zero-order valence-corrected chi connectivity index (χ0v) is 48.3. The van der Waals surface area contributed by atoms with Crippen LogP contribution in [0.5, 0.6) is 0 Å². The fourth-order valence-electron chi connectivity index (χ4n) is 6.03. The Balaban J connectivity index is -0.000000145. The Kier molecular flexibility index (Phi) is 41.5. The Morgan fingerprint density at radius 1 is 0.589 bits per heavy atom. The lowest BCUT2D eigenvalue weighted by Gasteiger charge is -2.50. The number of alkyl halides is 1. The van der Waals surface area contributed by atoms with Gasteiger partial charge in [0.05, 0.1) is 0 Å². The highest BCUT2D eigenvalue weighted by Crippen LogP contribution is 2.39. The van der Waals surface area contributed by atoms with Gasteiger partial charge in [0.15, 0.2) is 0 Å². The predicted octanol–water partition coefficient (Wildman–Crippen LogP) is 12.0. The quantitative estimate of drug-likeness (QED) is 0.103. The van der Waals surface area contributed by atoms with Crippen LogP contribution in [0.2, 0.25) is 76.6 Å². The lowest BCUT2D eigenvalue weighted by atomic mass is 10.4. The minimum Gasteiger partial charge on any atom is -0.420 e. The molecule has 0 amide bonds. The van der Waals surface area contributed by atoms with Gasteiger partial charge in [-0.15, -0.1) is 13.2 Å². The molecule has 0 aromatic rings. The predicted molar refractivity (Wildman–Crippen MR) is 272 cm³/mol. The molecular weight excluding hydrogens is 909 g/mol. The molecule has 19 heteroatoms. The molecule has 0 aromatic heterocycles. The number of aliphatic hydroxyl groups is 1. The first-order valence-electron chi connectivity index (χ1n) is 23.2. The van der Waals surface area contributed by atoms with Crippen molar-refractivity contribution in [2.24, 2.45) is 0 Å². The van der Waals surface area contributed by atoms with E-state index in [1.807, 2.05) is 32.3 Å². The Bertz CT molecular complexity index is 784. The Labute approximate surface area is 375 Å². The Morgan fingerprint density at radius 2 is 0.804 bits per heavy atom. The summed E-state index contributed by atoms with van der Waals surface area (Å²) in [4.78, 5) is 0. The molecule has 0 aromatic carbocycles. The van der Waals surface area contributed by atoms with Gasteiger partial charge >= 0.3 is 34.2 Å². The van der Waals surface area contributed by atoms with Crippen LogP contribution in [0.25, 0.3) is 0 Å². The summed E-state index contributed by atoms with van der Waals surface area (Å²) in [7, 11) is -13.9. The van der Waals surface area contributed by atoms with Gasteiger partial charge in [-0.05, 0) is 95.8 Å². The molecule has 0 atom stereocenters. The van der Waals surface area contributed by atoms with Gasteiger partial charge in [-0.2, -0.15) is 0 Å². The summed E-state index contributed by atoms with van der Waals surface area (Å²) in [5.74, 6) is 0. The van der Waals surface area contributed by atoms with Crippen LogP contribution in [0.1, 0.15) is 120 Å². The first-order valence-corrected chi connectivity index (χ1v) is 40.8. The summed E-state index contributed by atoms with van der Waals surface area (Å²) < 4.78 is 75.7. The molecular formula is C37H99BrO10Si8. The van der Waals surface area contributed by atoms with Gasteiger partial charge in [0.2, 0.25) is 0 Å². The van der Waals surface area contributed by atoms with E-state index in [0.29, 0.717) is 0 Å². The third-order valence-electron chi connectivity index (χ3n) is 8.42. The van der Waals surface area contributed by atoms with Crippen LogP contribution in [0.3, 0.4) is 0 Å². The van der Waals surface area contributed by atoms with Crippen molar-refractivity contribution in [1.29, 1.82) is 0 Å². The highest BCUT2D eigenvalue weighted by molar-refractivity contribution is 9.09. The number of ether oxygens (including phenoxy) is 1. The maximum atomic E-state index is 7.04. The van der Waals surface area contributed by atoms with E-state index in [1.165, 1.54) is 64.2 Å². The van der Waals surface area contributed by atoms with E-state index in [-0.39, 0.29) is 8.85 Å². The number of hydrogen-bond donors (Lipinski definition) is 1. The molecule has 346 valence electrons. The molecule has 10 nitrogen and oxygen atoms in total. The number of unbranched alkanes of at least 4 members (excludes halogenated alkanes) is 4. The lowest BCUT2D eigenvalue weighted by Crippen LogP contribution is -2.67. The van der Waals surface area contributed by atoms with Crippen molar-refractivity contribution in [2.75, 3.05) is 25.7 Å². The van der Waals surface area contributed by atoms with Crippen LogP contribution in [-0.4, -0.2) is 102 Å². The first-order chi connectivity index (χ1) is 28.0. The molecule has 3 heterocycles. The fourth-order valence-corrected chi connectivity index (χ4v) is 42.0. The summed E-state index contributed by atoms with van der Waals surface area (Å²) >= 11 is 3.13. The van der Waals surface area contributed by atoms with Crippen molar-refractivity contribution in [3.8, 4) is 0 Å². The lowest BCUT2D eigenvalue weighted by molar-refractivity contribution is 0.198. The zero-order valence-electron chi connectivity index (χ0n) is 42.1. The van der Waals surface area contributed by atoms with E-state index in [4.69, 9.17) is 48.7 Å². The van der Waals surface area contributed by atoms with E-state index in [2.05, 4.69) is 89.9 Å². The number of allylic oxidation sites excluding steroid dienone is 2. The Hall–Kier alpha value is 1.30. The third kappa shape index (κ3) is 34.9. The molecule has 3 fully saturated rings. The summed E-state index contributed by atoms with van der Waals surface area (Å²) in [6, 6.07) is 4.25. The van der Waals surface area contributed by atoms with Crippen molar-refractivity contribution in [1.82, 2.24) is 0 Å². The topological polar surface area (TPSA) is 103 Å². The van der Waals surface area contributed by atoms with Gasteiger partial charge in [-0.3, -0.25) is 0 Å². The Morgan fingerprint density at radius 3 is 0.929 bits per heavy atom. The van der Waals surface area contributed by atoms with Crippen molar-refractivity contribution in [3.63, 3.8) is 0 Å². The number of halogens is 1. The summed E-state index contributed by atoms with van der Waals surface area (Å²) in [6.45, 7) is 37.3. The second-order valence-electron chi connectivity index (χ2n) is 14.6. The van der Waals surface area contributed by atoms with Crippen LogP contribution in [0, 0.1) is 0 Å². The van der Waals surface area contributed by atoms with Gasteiger partial charge in [-0.1, -0.05) is 121 Å². The minimum atomic E-state index is -2.31. The molecule has 0 bridgehead atoms. The van der Waals surface area contributed by atoms with Crippen molar-refractivity contribution >= 4 is 87.3 Å². The average molecular weight is 1010 g/mol. The molecule has 3 rings (SSSR count). The SMILES string of the molecule is C.C1CCOC1.C=CCBr.C=CCC.CCCC[Si]1(C)O[Si](C)(CCCC)O[Si](C)(CCCC)O[Si](C)(CCCC)O1.CO.C[SiH]1O[SiH](C)O[SiH](C)O[SiH](C)O1.[2H][2H].[2H][2H].[HH]. The molecule has 0 radical (unpaired) electrons. The second-order valence-corrected chi connectivity index (χ2v) is 38.5. The number of aliphatic hydroxyl groups excluding tert-OH is 1. The van der Waals surface area contributed by atoms with Crippen molar-refractivity contribution < 1.29 is 50.1 Å². The zero-order chi connectivity index (χ0) is 46.8. The fraction of sp³-hybridized carbons (Fsp3) is 0.892. The van der Waals surface area contributed by atoms with Gasteiger partial charge in [0.25, 0.3) is 37.1 Å². The van der Waals surface area contributed by atoms with Crippen LogP contribution in [-0.2, 0) is 37.7 Å². The van der Waals surface area contributed by atoms with Gasteiger partial charge < -0.3 is 42.8 Å². The van der Waals surface area contributed by atoms with Crippen LogP contribution in [0.15, 0.2) is 25.3 Å². The van der Waals surface area contributed by atoms with E-state index in [9.17, 15) is 0 Å².